The highest BCUT2D eigenvalue weighted by atomic mass is 32.1. The number of thiazole rings is 1. The van der Waals surface area contributed by atoms with Crippen LogP contribution in [0, 0.1) is 12.8 Å². The Morgan fingerprint density at radius 1 is 1.10 bits per heavy atom. The van der Waals surface area contributed by atoms with Crippen LogP contribution >= 0.6 is 22.7 Å². The second kappa shape index (κ2) is 10.8. The number of hydrogen-bond donors (Lipinski definition) is 1. The average Bonchev–Trinajstić information content (AvgIpc) is 3.35. The molecule has 6 heteroatoms. The van der Waals surface area contributed by atoms with E-state index in [1.54, 1.807) is 11.3 Å². The molecule has 1 amide bonds. The smallest absolute Gasteiger partial charge is 0.271 e. The Morgan fingerprint density at radius 3 is 2.53 bits per heavy atom. The highest BCUT2D eigenvalue weighted by Gasteiger charge is 2.17. The average molecular weight is 442 g/mol. The van der Waals surface area contributed by atoms with Crippen LogP contribution in [-0.4, -0.2) is 22.3 Å². The van der Waals surface area contributed by atoms with Crippen molar-refractivity contribution in [3.8, 4) is 0 Å². The van der Waals surface area contributed by atoms with Crippen LogP contribution in [0.15, 0.2) is 47.8 Å². The van der Waals surface area contributed by atoms with Crippen molar-refractivity contribution in [2.24, 2.45) is 5.92 Å². The molecule has 0 aliphatic heterocycles. The van der Waals surface area contributed by atoms with Crippen molar-refractivity contribution < 1.29 is 4.79 Å². The molecule has 0 aliphatic rings. The third kappa shape index (κ3) is 6.76. The first-order valence-electron chi connectivity index (χ1n) is 10.5. The molecule has 0 spiro atoms. The van der Waals surface area contributed by atoms with Gasteiger partial charge >= 0.3 is 0 Å². The number of hydrogen-bond acceptors (Lipinski definition) is 5. The predicted octanol–water partition coefficient (Wildman–Crippen LogP) is 6.05. The minimum absolute atomic E-state index is 0.0477. The molecule has 2 aromatic heterocycles. The van der Waals surface area contributed by atoms with Crippen LogP contribution in [0.4, 0.5) is 0 Å². The number of aryl methyl sites for hydroxylation is 1. The first-order chi connectivity index (χ1) is 14.4. The van der Waals surface area contributed by atoms with Crippen molar-refractivity contribution in [2.75, 3.05) is 6.54 Å². The summed E-state index contributed by atoms with van der Waals surface area (Å²) in [5, 5.41) is 5.92. The second-order valence-corrected chi connectivity index (χ2v) is 10.5. The topological polar surface area (TPSA) is 45.2 Å². The number of nitrogens with one attached hydrogen (secondary N) is 1. The molecule has 0 aliphatic carbocycles. The fourth-order valence-electron chi connectivity index (χ4n) is 3.22. The molecule has 4 nitrogen and oxygen atoms in total. The maximum Gasteiger partial charge on any atom is 0.271 e. The lowest BCUT2D eigenvalue weighted by atomic mass is 10.1. The highest BCUT2D eigenvalue weighted by molar-refractivity contribution is 7.11. The summed E-state index contributed by atoms with van der Waals surface area (Å²) >= 11 is 3.42. The minimum Gasteiger partial charge on any atom is -0.344 e. The molecule has 1 atom stereocenters. The van der Waals surface area contributed by atoms with Gasteiger partial charge in [-0.15, -0.1) is 22.7 Å². The zero-order valence-corrected chi connectivity index (χ0v) is 19.9. The fraction of sp³-hybridized carbons (Fsp3) is 0.417. The highest BCUT2D eigenvalue weighted by Crippen LogP contribution is 2.21. The van der Waals surface area contributed by atoms with Gasteiger partial charge in [0.15, 0.2) is 0 Å². The van der Waals surface area contributed by atoms with E-state index >= 15 is 0 Å². The van der Waals surface area contributed by atoms with Crippen molar-refractivity contribution in [3.63, 3.8) is 0 Å². The lowest BCUT2D eigenvalue weighted by molar-refractivity contribution is 0.0935. The molecule has 1 N–H and O–H groups in total. The van der Waals surface area contributed by atoms with E-state index in [-0.39, 0.29) is 11.9 Å². The van der Waals surface area contributed by atoms with Crippen LogP contribution in [0.3, 0.4) is 0 Å². The summed E-state index contributed by atoms with van der Waals surface area (Å²) in [5.74, 6) is 0.547. The number of aromatic nitrogens is 1. The van der Waals surface area contributed by atoms with E-state index in [1.807, 2.05) is 54.0 Å². The Bertz CT molecular complexity index is 933. The van der Waals surface area contributed by atoms with E-state index < -0.39 is 0 Å². The third-order valence-corrected chi connectivity index (χ3v) is 6.81. The molecule has 0 radical (unpaired) electrons. The summed E-state index contributed by atoms with van der Waals surface area (Å²) in [6, 6.07) is 14.3. The van der Waals surface area contributed by atoms with Gasteiger partial charge in [-0.3, -0.25) is 9.69 Å². The van der Waals surface area contributed by atoms with Crippen molar-refractivity contribution in [2.45, 2.75) is 53.2 Å². The summed E-state index contributed by atoms with van der Waals surface area (Å²) in [7, 11) is 0. The molecule has 3 aromatic rings. The Hall–Kier alpha value is -2.02. The van der Waals surface area contributed by atoms with Gasteiger partial charge in [-0.2, -0.15) is 0 Å². The quantitative estimate of drug-likeness (QED) is 0.416. The largest absolute Gasteiger partial charge is 0.344 e. The van der Waals surface area contributed by atoms with Gasteiger partial charge < -0.3 is 5.32 Å². The van der Waals surface area contributed by atoms with E-state index in [0.717, 1.165) is 36.6 Å². The molecule has 0 saturated carbocycles. The number of carbonyl (C=O) groups is 1. The van der Waals surface area contributed by atoms with Gasteiger partial charge in [0.1, 0.15) is 10.7 Å². The Balaban J connectivity index is 1.62. The lowest BCUT2D eigenvalue weighted by Crippen LogP contribution is -2.27. The lowest BCUT2D eigenvalue weighted by Gasteiger charge is -2.21. The number of amides is 1. The first-order valence-corrected chi connectivity index (χ1v) is 12.2. The van der Waals surface area contributed by atoms with Gasteiger partial charge in [-0.1, -0.05) is 44.2 Å². The molecule has 0 fully saturated rings. The monoisotopic (exact) mass is 441 g/mol. The molecule has 0 bridgehead atoms. The van der Waals surface area contributed by atoms with Gasteiger partial charge in [0.05, 0.1) is 12.6 Å². The Kier molecular flexibility index (Phi) is 8.19. The normalized spacial score (nSPS) is 12.5. The SMILES string of the molecule is Cc1ccc(CN(CCC(C)C)Cc2nc(C(=O)N[C@H](C)c3ccccc3)cs2)s1. The fourth-order valence-corrected chi connectivity index (χ4v) is 4.97. The van der Waals surface area contributed by atoms with Crippen molar-refractivity contribution in [1.82, 2.24) is 15.2 Å². The van der Waals surface area contributed by atoms with Crippen LogP contribution in [0.1, 0.15) is 64.0 Å². The Morgan fingerprint density at radius 2 is 1.87 bits per heavy atom. The van der Waals surface area contributed by atoms with Crippen molar-refractivity contribution in [3.05, 3.63) is 73.9 Å². The van der Waals surface area contributed by atoms with E-state index in [9.17, 15) is 4.79 Å². The summed E-state index contributed by atoms with van der Waals surface area (Å²) in [6.45, 7) is 11.4. The number of benzene rings is 1. The summed E-state index contributed by atoms with van der Waals surface area (Å²) in [4.78, 5) is 22.5. The van der Waals surface area contributed by atoms with Crippen LogP contribution < -0.4 is 5.32 Å². The summed E-state index contributed by atoms with van der Waals surface area (Å²) < 4.78 is 0. The van der Waals surface area contributed by atoms with Crippen LogP contribution in [0.25, 0.3) is 0 Å². The standard InChI is InChI=1S/C24H31N3OS2/c1-17(2)12-13-27(14-21-11-10-18(3)30-21)15-23-26-22(16-29-23)24(28)25-19(4)20-8-6-5-7-9-20/h5-11,16-17,19H,12-15H2,1-4H3,(H,25,28)/t19-/m1/s1. The van der Waals surface area contributed by atoms with E-state index in [0.29, 0.717) is 11.6 Å². The molecule has 30 heavy (non-hydrogen) atoms. The third-order valence-electron chi connectivity index (χ3n) is 4.99. The molecule has 160 valence electrons. The van der Waals surface area contributed by atoms with Crippen LogP contribution in [0.2, 0.25) is 0 Å². The molecule has 0 saturated heterocycles. The first kappa shape index (κ1) is 22.7. The number of carbonyl (C=O) groups excluding carboxylic acids is 1. The zero-order chi connectivity index (χ0) is 21.5. The number of thiophene rings is 1. The van der Waals surface area contributed by atoms with Crippen molar-refractivity contribution in [1.29, 1.82) is 0 Å². The van der Waals surface area contributed by atoms with Gasteiger partial charge in [0.25, 0.3) is 5.91 Å². The maximum atomic E-state index is 12.7. The molecular weight excluding hydrogens is 410 g/mol. The molecule has 2 heterocycles. The predicted molar refractivity (Wildman–Crippen MR) is 127 cm³/mol. The number of nitrogens with zero attached hydrogens (tertiary/aromatic N) is 2. The molecule has 1 aromatic carbocycles. The van der Waals surface area contributed by atoms with E-state index in [1.165, 1.54) is 9.75 Å². The minimum atomic E-state index is -0.114. The Labute approximate surface area is 188 Å². The van der Waals surface area contributed by atoms with Gasteiger partial charge in [0.2, 0.25) is 0 Å². The van der Waals surface area contributed by atoms with E-state index in [2.05, 4.69) is 48.1 Å². The molecule has 3 rings (SSSR count). The number of rotatable bonds is 10. The summed E-state index contributed by atoms with van der Waals surface area (Å²) in [5.41, 5.74) is 1.60. The zero-order valence-electron chi connectivity index (χ0n) is 18.2. The van der Waals surface area contributed by atoms with Crippen LogP contribution in [0.5, 0.6) is 0 Å². The van der Waals surface area contributed by atoms with Crippen molar-refractivity contribution >= 4 is 28.6 Å². The van der Waals surface area contributed by atoms with Crippen LogP contribution in [-0.2, 0) is 13.1 Å². The summed E-state index contributed by atoms with van der Waals surface area (Å²) in [6.07, 6.45) is 1.15. The van der Waals surface area contributed by atoms with Gasteiger partial charge in [-0.05, 0) is 50.4 Å². The van der Waals surface area contributed by atoms with Gasteiger partial charge in [0, 0.05) is 21.7 Å². The second-order valence-electron chi connectivity index (χ2n) is 8.14. The molecule has 0 unspecified atom stereocenters. The molecular formula is C24H31N3OS2. The van der Waals surface area contributed by atoms with Gasteiger partial charge in [-0.25, -0.2) is 4.98 Å². The van der Waals surface area contributed by atoms with E-state index in [4.69, 9.17) is 0 Å². The maximum absolute atomic E-state index is 12.7.